The zero-order valence-corrected chi connectivity index (χ0v) is 17.4. The Bertz CT molecular complexity index is 1030. The van der Waals surface area contributed by atoms with Crippen molar-refractivity contribution in [3.8, 4) is 17.2 Å². The Balaban J connectivity index is 1.74. The van der Waals surface area contributed by atoms with Gasteiger partial charge in [0, 0.05) is 35.6 Å². The van der Waals surface area contributed by atoms with Gasteiger partial charge < -0.3 is 19.5 Å². The SMILES string of the molecule is COc1cccc([C@@H]2CC(=O)C3=C(C2)NC(=O)C[C@@H]3c2cc(OC)ccc2OC)c1. The topological polar surface area (TPSA) is 73.9 Å². The van der Waals surface area contributed by atoms with Gasteiger partial charge in [-0.2, -0.15) is 0 Å². The van der Waals surface area contributed by atoms with Gasteiger partial charge in [-0.3, -0.25) is 9.59 Å². The van der Waals surface area contributed by atoms with Gasteiger partial charge in [0.1, 0.15) is 17.2 Å². The first kappa shape index (κ1) is 20.0. The summed E-state index contributed by atoms with van der Waals surface area (Å²) in [5.41, 5.74) is 3.22. The van der Waals surface area contributed by atoms with Crippen molar-refractivity contribution in [1.29, 1.82) is 0 Å². The Morgan fingerprint density at radius 3 is 2.37 bits per heavy atom. The van der Waals surface area contributed by atoms with Crippen LogP contribution in [0.25, 0.3) is 0 Å². The van der Waals surface area contributed by atoms with E-state index >= 15 is 0 Å². The van der Waals surface area contributed by atoms with Gasteiger partial charge in [0.2, 0.25) is 5.91 Å². The number of benzene rings is 2. The molecule has 1 aliphatic heterocycles. The molecule has 0 aromatic heterocycles. The van der Waals surface area contributed by atoms with E-state index in [1.807, 2.05) is 42.5 Å². The Hall–Kier alpha value is -3.28. The normalized spacial score (nSPS) is 21.0. The van der Waals surface area contributed by atoms with Crippen LogP contribution in [0.4, 0.5) is 0 Å². The molecule has 1 aliphatic carbocycles. The highest BCUT2D eigenvalue weighted by atomic mass is 16.5. The van der Waals surface area contributed by atoms with Crippen molar-refractivity contribution >= 4 is 11.7 Å². The molecule has 1 N–H and O–H groups in total. The van der Waals surface area contributed by atoms with E-state index in [0.717, 1.165) is 16.9 Å². The smallest absolute Gasteiger partial charge is 0.225 e. The minimum absolute atomic E-state index is 0.00222. The average Bonchev–Trinajstić information content (AvgIpc) is 2.77. The van der Waals surface area contributed by atoms with Crippen LogP contribution in [0.5, 0.6) is 17.2 Å². The van der Waals surface area contributed by atoms with Crippen LogP contribution in [0.2, 0.25) is 0 Å². The van der Waals surface area contributed by atoms with E-state index in [1.165, 1.54) is 0 Å². The number of carbonyl (C=O) groups excluding carboxylic acids is 2. The number of allylic oxidation sites excluding steroid dienone is 2. The number of hydrogen-bond acceptors (Lipinski definition) is 5. The lowest BCUT2D eigenvalue weighted by Crippen LogP contribution is -2.38. The van der Waals surface area contributed by atoms with E-state index in [-0.39, 0.29) is 29.9 Å². The van der Waals surface area contributed by atoms with E-state index in [0.29, 0.717) is 35.6 Å². The molecule has 0 saturated heterocycles. The third-order valence-electron chi connectivity index (χ3n) is 5.91. The standard InChI is InChI=1S/C24H25NO5/c1-28-16-6-4-5-14(9-16)15-10-20-24(21(26)11-15)19(13-23(27)25-20)18-12-17(29-2)7-8-22(18)30-3/h4-9,12,15,19H,10-11,13H2,1-3H3,(H,25,27)/t15-,19+/m0/s1. The molecule has 1 amide bonds. The van der Waals surface area contributed by atoms with Gasteiger partial charge in [0.05, 0.1) is 21.3 Å². The van der Waals surface area contributed by atoms with Gasteiger partial charge in [-0.1, -0.05) is 12.1 Å². The summed E-state index contributed by atoms with van der Waals surface area (Å²) in [5, 5.41) is 2.96. The lowest BCUT2D eigenvalue weighted by Gasteiger charge is -2.35. The van der Waals surface area contributed by atoms with E-state index in [4.69, 9.17) is 14.2 Å². The fourth-order valence-corrected chi connectivity index (χ4v) is 4.47. The second-order valence-corrected chi connectivity index (χ2v) is 7.61. The highest BCUT2D eigenvalue weighted by Gasteiger charge is 2.39. The number of methoxy groups -OCH3 is 3. The highest BCUT2D eigenvalue weighted by molar-refractivity contribution is 6.02. The van der Waals surface area contributed by atoms with Gasteiger partial charge >= 0.3 is 0 Å². The van der Waals surface area contributed by atoms with Crippen LogP contribution < -0.4 is 19.5 Å². The van der Waals surface area contributed by atoms with Crippen molar-refractivity contribution < 1.29 is 23.8 Å². The predicted octanol–water partition coefficient (Wildman–Crippen LogP) is 3.72. The number of nitrogens with one attached hydrogen (secondary N) is 1. The molecule has 0 saturated carbocycles. The zero-order valence-electron chi connectivity index (χ0n) is 17.4. The Morgan fingerprint density at radius 1 is 0.867 bits per heavy atom. The Morgan fingerprint density at radius 2 is 1.63 bits per heavy atom. The molecule has 0 fully saturated rings. The molecule has 156 valence electrons. The first-order valence-corrected chi connectivity index (χ1v) is 9.96. The summed E-state index contributed by atoms with van der Waals surface area (Å²) >= 11 is 0. The molecule has 6 nitrogen and oxygen atoms in total. The predicted molar refractivity (Wildman–Crippen MR) is 112 cm³/mol. The maximum atomic E-state index is 13.3. The van der Waals surface area contributed by atoms with Crippen molar-refractivity contribution in [3.05, 3.63) is 64.9 Å². The van der Waals surface area contributed by atoms with Crippen LogP contribution in [0, 0.1) is 0 Å². The molecule has 4 rings (SSSR count). The molecular formula is C24H25NO5. The van der Waals surface area contributed by atoms with E-state index in [1.54, 1.807) is 21.3 Å². The lowest BCUT2D eigenvalue weighted by molar-refractivity contribution is -0.122. The van der Waals surface area contributed by atoms with Gasteiger partial charge in [-0.05, 0) is 48.2 Å². The number of amides is 1. The fourth-order valence-electron chi connectivity index (χ4n) is 4.47. The lowest BCUT2D eigenvalue weighted by atomic mass is 9.73. The molecule has 2 aromatic carbocycles. The minimum atomic E-state index is -0.349. The van der Waals surface area contributed by atoms with E-state index < -0.39 is 0 Å². The fraction of sp³-hybridized carbons (Fsp3) is 0.333. The summed E-state index contributed by atoms with van der Waals surface area (Å²) in [7, 11) is 4.80. The second-order valence-electron chi connectivity index (χ2n) is 7.61. The average molecular weight is 407 g/mol. The molecule has 2 aromatic rings. The molecule has 0 radical (unpaired) electrons. The van der Waals surface area contributed by atoms with Crippen molar-refractivity contribution in [1.82, 2.24) is 5.32 Å². The van der Waals surface area contributed by atoms with Crippen LogP contribution in [-0.2, 0) is 9.59 Å². The van der Waals surface area contributed by atoms with Gasteiger partial charge in [-0.15, -0.1) is 0 Å². The maximum absolute atomic E-state index is 13.3. The molecule has 1 heterocycles. The van der Waals surface area contributed by atoms with Crippen LogP contribution in [0.1, 0.15) is 42.2 Å². The van der Waals surface area contributed by atoms with Crippen molar-refractivity contribution in [2.24, 2.45) is 0 Å². The summed E-state index contributed by atoms with van der Waals surface area (Å²) in [6.45, 7) is 0. The molecule has 6 heteroatoms. The molecule has 0 spiro atoms. The van der Waals surface area contributed by atoms with Crippen molar-refractivity contribution in [2.75, 3.05) is 21.3 Å². The minimum Gasteiger partial charge on any atom is -0.497 e. The van der Waals surface area contributed by atoms with Gasteiger partial charge in [0.25, 0.3) is 0 Å². The molecular weight excluding hydrogens is 382 g/mol. The molecule has 0 bridgehead atoms. The number of carbonyl (C=O) groups is 2. The van der Waals surface area contributed by atoms with E-state index in [9.17, 15) is 9.59 Å². The van der Waals surface area contributed by atoms with Crippen LogP contribution in [0.15, 0.2) is 53.7 Å². The first-order valence-electron chi connectivity index (χ1n) is 9.96. The van der Waals surface area contributed by atoms with Crippen LogP contribution in [-0.4, -0.2) is 33.0 Å². The second kappa shape index (κ2) is 8.22. The molecule has 30 heavy (non-hydrogen) atoms. The quantitative estimate of drug-likeness (QED) is 0.818. The maximum Gasteiger partial charge on any atom is 0.225 e. The van der Waals surface area contributed by atoms with Gasteiger partial charge in [0.15, 0.2) is 5.78 Å². The van der Waals surface area contributed by atoms with Crippen molar-refractivity contribution in [2.45, 2.75) is 31.1 Å². The van der Waals surface area contributed by atoms with Crippen LogP contribution >= 0.6 is 0 Å². The zero-order chi connectivity index (χ0) is 21.3. The van der Waals surface area contributed by atoms with Crippen molar-refractivity contribution in [3.63, 3.8) is 0 Å². The van der Waals surface area contributed by atoms with E-state index in [2.05, 4.69) is 5.32 Å². The monoisotopic (exact) mass is 407 g/mol. The highest BCUT2D eigenvalue weighted by Crippen LogP contribution is 2.45. The Kier molecular flexibility index (Phi) is 5.48. The summed E-state index contributed by atoms with van der Waals surface area (Å²) in [4.78, 5) is 25.9. The van der Waals surface area contributed by atoms with Gasteiger partial charge in [-0.25, -0.2) is 0 Å². The Labute approximate surface area is 175 Å². The number of rotatable bonds is 5. The summed E-state index contributed by atoms with van der Waals surface area (Å²) in [5.74, 6) is 1.67. The largest absolute Gasteiger partial charge is 0.497 e. The number of ether oxygens (including phenoxy) is 3. The summed E-state index contributed by atoms with van der Waals surface area (Å²) in [6.07, 6.45) is 1.20. The number of hydrogen-bond donors (Lipinski definition) is 1. The number of Topliss-reactive ketones (excluding diaryl/α,β-unsaturated/α-hetero) is 1. The number of ketones is 1. The third kappa shape index (κ3) is 3.65. The van der Waals surface area contributed by atoms with Crippen LogP contribution in [0.3, 0.4) is 0 Å². The third-order valence-corrected chi connectivity index (χ3v) is 5.91. The summed E-state index contributed by atoms with van der Waals surface area (Å²) < 4.78 is 16.2. The molecule has 2 aliphatic rings. The first-order chi connectivity index (χ1) is 14.5. The molecule has 0 unspecified atom stereocenters. The molecule has 2 atom stereocenters. The summed E-state index contributed by atoms with van der Waals surface area (Å²) in [6, 6.07) is 13.2.